The van der Waals surface area contributed by atoms with Crippen LogP contribution >= 0.6 is 11.3 Å². The van der Waals surface area contributed by atoms with Gasteiger partial charge in [-0.2, -0.15) is 0 Å². The van der Waals surface area contributed by atoms with Crippen molar-refractivity contribution in [3.05, 3.63) is 35.0 Å². The van der Waals surface area contributed by atoms with E-state index in [0.717, 1.165) is 4.70 Å². The van der Waals surface area contributed by atoms with E-state index in [0.29, 0.717) is 23.5 Å². The highest BCUT2D eigenvalue weighted by atomic mass is 32.1. The lowest BCUT2D eigenvalue weighted by atomic mass is 10.2. The molecule has 0 radical (unpaired) electrons. The summed E-state index contributed by atoms with van der Waals surface area (Å²) in [4.78, 5) is 12.4. The topological polar surface area (TPSA) is 38.3 Å². The Bertz CT molecular complexity index is 577. The number of thiophene rings is 1. The molecular weight excluding hydrogens is 241 g/mol. The lowest BCUT2D eigenvalue weighted by Crippen LogP contribution is -2.48. The highest BCUT2D eigenvalue weighted by Crippen LogP contribution is 2.27. The molecule has 5 heteroatoms. The summed E-state index contributed by atoms with van der Waals surface area (Å²) >= 11 is 1.30. The van der Waals surface area contributed by atoms with E-state index in [1.807, 2.05) is 6.07 Å². The van der Waals surface area contributed by atoms with E-state index in [2.05, 4.69) is 5.32 Å². The highest BCUT2D eigenvalue weighted by Gasteiger charge is 2.22. The molecule has 1 aliphatic rings. The number of hydrogen-bond acceptors (Lipinski definition) is 3. The van der Waals surface area contributed by atoms with Gasteiger partial charge < -0.3 is 10.1 Å². The van der Waals surface area contributed by atoms with Gasteiger partial charge in [-0.05, 0) is 18.2 Å². The van der Waals surface area contributed by atoms with Crippen molar-refractivity contribution >= 4 is 27.3 Å². The predicted octanol–water partition coefficient (Wildman–Crippen LogP) is 2.17. The fraction of sp³-hybridized carbons (Fsp3) is 0.250. The van der Waals surface area contributed by atoms with E-state index in [4.69, 9.17) is 4.74 Å². The van der Waals surface area contributed by atoms with Crippen LogP contribution in [-0.2, 0) is 4.74 Å². The second-order valence-corrected chi connectivity index (χ2v) is 5.05. The molecule has 88 valence electrons. The van der Waals surface area contributed by atoms with Gasteiger partial charge in [0.05, 0.1) is 24.1 Å². The Hall–Kier alpha value is -1.46. The van der Waals surface area contributed by atoms with Gasteiger partial charge in [-0.1, -0.05) is 6.07 Å². The minimum Gasteiger partial charge on any atom is -0.377 e. The van der Waals surface area contributed by atoms with Crippen molar-refractivity contribution in [2.24, 2.45) is 0 Å². The highest BCUT2D eigenvalue weighted by molar-refractivity contribution is 7.20. The molecule has 0 bridgehead atoms. The van der Waals surface area contributed by atoms with E-state index >= 15 is 0 Å². The van der Waals surface area contributed by atoms with Crippen LogP contribution < -0.4 is 5.32 Å². The Balaban J connectivity index is 1.89. The third-order valence-corrected chi connectivity index (χ3v) is 3.80. The van der Waals surface area contributed by atoms with E-state index in [9.17, 15) is 9.18 Å². The predicted molar refractivity (Wildman–Crippen MR) is 63.9 cm³/mol. The standard InChI is InChI=1S/C12H10FNO2S/c13-9-2-1-3-10-8(9)4-11(17-10)12(15)14-7-5-16-6-7/h1-4,7H,5-6H2,(H,14,15). The molecule has 3 rings (SSSR count). The van der Waals surface area contributed by atoms with Crippen molar-refractivity contribution in [1.82, 2.24) is 5.32 Å². The van der Waals surface area contributed by atoms with E-state index in [1.54, 1.807) is 12.1 Å². The van der Waals surface area contributed by atoms with Gasteiger partial charge in [0, 0.05) is 10.1 Å². The first-order valence-corrected chi connectivity index (χ1v) is 6.12. The first-order valence-electron chi connectivity index (χ1n) is 5.31. The number of carbonyl (C=O) groups excluding carboxylic acids is 1. The van der Waals surface area contributed by atoms with Crippen LogP contribution in [-0.4, -0.2) is 25.2 Å². The van der Waals surface area contributed by atoms with Crippen molar-refractivity contribution in [2.45, 2.75) is 6.04 Å². The lowest BCUT2D eigenvalue weighted by Gasteiger charge is -2.26. The van der Waals surface area contributed by atoms with Crippen LogP contribution in [0.5, 0.6) is 0 Å². The normalized spacial score (nSPS) is 15.8. The van der Waals surface area contributed by atoms with Gasteiger partial charge in [-0.3, -0.25) is 4.79 Å². The summed E-state index contributed by atoms with van der Waals surface area (Å²) in [7, 11) is 0. The van der Waals surface area contributed by atoms with Crippen LogP contribution in [0.4, 0.5) is 4.39 Å². The van der Waals surface area contributed by atoms with Crippen LogP contribution in [0.25, 0.3) is 10.1 Å². The quantitative estimate of drug-likeness (QED) is 0.888. The molecule has 1 N–H and O–H groups in total. The minimum absolute atomic E-state index is 0.0950. The molecule has 1 amide bonds. The maximum Gasteiger partial charge on any atom is 0.261 e. The van der Waals surface area contributed by atoms with Crippen molar-refractivity contribution < 1.29 is 13.9 Å². The fourth-order valence-electron chi connectivity index (χ4n) is 1.71. The smallest absolute Gasteiger partial charge is 0.261 e. The summed E-state index contributed by atoms with van der Waals surface area (Å²) < 4.78 is 19.2. The Labute approximate surface area is 101 Å². The molecule has 0 saturated carbocycles. The molecule has 2 aromatic rings. The van der Waals surface area contributed by atoms with Gasteiger partial charge in [-0.25, -0.2) is 4.39 Å². The van der Waals surface area contributed by atoms with Crippen LogP contribution in [0.2, 0.25) is 0 Å². The number of carbonyl (C=O) groups is 1. The monoisotopic (exact) mass is 251 g/mol. The number of hydrogen-bond donors (Lipinski definition) is 1. The molecule has 0 aliphatic carbocycles. The number of rotatable bonds is 2. The second-order valence-electron chi connectivity index (χ2n) is 3.97. The Morgan fingerprint density at radius 3 is 2.94 bits per heavy atom. The second kappa shape index (κ2) is 4.09. The number of ether oxygens (including phenoxy) is 1. The molecule has 1 fully saturated rings. The molecule has 1 aromatic heterocycles. The van der Waals surface area contributed by atoms with E-state index < -0.39 is 0 Å². The minimum atomic E-state index is -0.287. The van der Waals surface area contributed by atoms with Crippen molar-refractivity contribution in [3.8, 4) is 0 Å². The van der Waals surface area contributed by atoms with E-state index in [1.165, 1.54) is 17.4 Å². The van der Waals surface area contributed by atoms with Gasteiger partial charge >= 0.3 is 0 Å². The average Bonchev–Trinajstić information content (AvgIpc) is 2.68. The van der Waals surface area contributed by atoms with Crippen LogP contribution in [0.3, 0.4) is 0 Å². The third kappa shape index (κ3) is 1.92. The molecule has 1 saturated heterocycles. The largest absolute Gasteiger partial charge is 0.377 e. The zero-order chi connectivity index (χ0) is 11.8. The number of fused-ring (bicyclic) bond motifs is 1. The number of amides is 1. The molecular formula is C12H10FNO2S. The molecule has 0 atom stereocenters. The maximum atomic E-state index is 13.5. The molecule has 1 aromatic carbocycles. The SMILES string of the molecule is O=C(NC1COC1)c1cc2c(F)cccc2s1. The summed E-state index contributed by atoms with van der Waals surface area (Å²) in [5.74, 6) is -0.441. The van der Waals surface area contributed by atoms with Crippen LogP contribution in [0.15, 0.2) is 24.3 Å². The average molecular weight is 251 g/mol. The number of benzene rings is 1. The third-order valence-electron chi connectivity index (χ3n) is 2.71. The Kier molecular flexibility index (Phi) is 2.57. The zero-order valence-corrected chi connectivity index (χ0v) is 9.72. The molecule has 17 heavy (non-hydrogen) atoms. The van der Waals surface area contributed by atoms with Gasteiger partial charge in [0.15, 0.2) is 0 Å². The molecule has 0 unspecified atom stereocenters. The summed E-state index contributed by atoms with van der Waals surface area (Å²) in [5, 5.41) is 3.34. The summed E-state index contributed by atoms with van der Waals surface area (Å²) in [5.41, 5.74) is 0. The number of nitrogens with one attached hydrogen (secondary N) is 1. The van der Waals surface area contributed by atoms with Crippen molar-refractivity contribution in [1.29, 1.82) is 0 Å². The summed E-state index contributed by atoms with van der Waals surface area (Å²) in [6.07, 6.45) is 0. The lowest BCUT2D eigenvalue weighted by molar-refractivity contribution is -0.00338. The Morgan fingerprint density at radius 2 is 2.29 bits per heavy atom. The van der Waals surface area contributed by atoms with Gasteiger partial charge in [0.1, 0.15) is 5.82 Å². The van der Waals surface area contributed by atoms with Gasteiger partial charge in [0.25, 0.3) is 5.91 Å². The maximum absolute atomic E-state index is 13.5. The van der Waals surface area contributed by atoms with Crippen molar-refractivity contribution in [3.63, 3.8) is 0 Å². The molecule has 0 spiro atoms. The summed E-state index contributed by atoms with van der Waals surface area (Å²) in [6, 6.07) is 6.56. The van der Waals surface area contributed by atoms with Crippen LogP contribution in [0.1, 0.15) is 9.67 Å². The number of halogens is 1. The fourth-order valence-corrected chi connectivity index (χ4v) is 2.69. The van der Waals surface area contributed by atoms with Crippen molar-refractivity contribution in [2.75, 3.05) is 13.2 Å². The first kappa shape index (κ1) is 10.7. The van der Waals surface area contributed by atoms with Gasteiger partial charge in [-0.15, -0.1) is 11.3 Å². The Morgan fingerprint density at radius 1 is 1.47 bits per heavy atom. The summed E-state index contributed by atoms with van der Waals surface area (Å²) in [6.45, 7) is 1.12. The molecule has 1 aliphatic heterocycles. The molecule has 2 heterocycles. The first-order chi connectivity index (χ1) is 8.24. The van der Waals surface area contributed by atoms with Crippen LogP contribution in [0, 0.1) is 5.82 Å². The molecule has 3 nitrogen and oxygen atoms in total. The van der Waals surface area contributed by atoms with E-state index in [-0.39, 0.29) is 17.8 Å². The van der Waals surface area contributed by atoms with Gasteiger partial charge in [0.2, 0.25) is 0 Å². The zero-order valence-electron chi connectivity index (χ0n) is 8.90.